The number of hydrogen-bond acceptors (Lipinski definition) is 4. The van der Waals surface area contributed by atoms with Crippen molar-refractivity contribution in [3.63, 3.8) is 0 Å². The Morgan fingerprint density at radius 2 is 1.85 bits per heavy atom. The van der Waals surface area contributed by atoms with Crippen LogP contribution in [0.4, 0.5) is 10.1 Å². The molecule has 0 aliphatic heterocycles. The van der Waals surface area contributed by atoms with Crippen LogP contribution in [0.1, 0.15) is 30.3 Å². The number of benzene rings is 2. The van der Waals surface area contributed by atoms with Gasteiger partial charge < -0.3 is 10.1 Å². The molecule has 0 radical (unpaired) electrons. The van der Waals surface area contributed by atoms with Crippen LogP contribution < -0.4 is 10.1 Å². The molecule has 134 valence electrons. The SMILES string of the molecule is Cc1nc(C(=O)Nc2ccccc2OC(C)C)nn1-c1ccc(F)cc1. The molecule has 1 N–H and O–H groups in total. The number of nitrogens with one attached hydrogen (secondary N) is 1. The third-order valence-electron chi connectivity index (χ3n) is 3.54. The van der Waals surface area contributed by atoms with Gasteiger partial charge in [-0.15, -0.1) is 5.10 Å². The third-order valence-corrected chi connectivity index (χ3v) is 3.54. The van der Waals surface area contributed by atoms with E-state index in [-0.39, 0.29) is 17.7 Å². The van der Waals surface area contributed by atoms with Gasteiger partial charge in [0.1, 0.15) is 17.4 Å². The molecule has 3 aromatic rings. The number of aryl methyl sites for hydroxylation is 1. The van der Waals surface area contributed by atoms with E-state index in [1.54, 1.807) is 37.3 Å². The molecule has 0 spiro atoms. The van der Waals surface area contributed by atoms with Crippen LogP contribution >= 0.6 is 0 Å². The van der Waals surface area contributed by atoms with Crippen molar-refractivity contribution < 1.29 is 13.9 Å². The van der Waals surface area contributed by atoms with E-state index in [9.17, 15) is 9.18 Å². The predicted molar refractivity (Wildman–Crippen MR) is 96.2 cm³/mol. The van der Waals surface area contributed by atoms with Gasteiger partial charge in [0.25, 0.3) is 5.91 Å². The smallest absolute Gasteiger partial charge is 0.295 e. The van der Waals surface area contributed by atoms with Crippen LogP contribution in [0.15, 0.2) is 48.5 Å². The molecule has 1 amide bonds. The van der Waals surface area contributed by atoms with E-state index in [0.717, 1.165) is 0 Å². The molecular formula is C19H19FN4O2. The van der Waals surface area contributed by atoms with Gasteiger partial charge in [-0.1, -0.05) is 12.1 Å². The highest BCUT2D eigenvalue weighted by atomic mass is 19.1. The molecule has 0 saturated carbocycles. The Balaban J connectivity index is 1.84. The fourth-order valence-electron chi connectivity index (χ4n) is 2.42. The predicted octanol–water partition coefficient (Wildman–Crippen LogP) is 3.75. The van der Waals surface area contributed by atoms with Gasteiger partial charge in [-0.2, -0.15) is 0 Å². The summed E-state index contributed by atoms with van der Waals surface area (Å²) in [6.07, 6.45) is -0.0221. The third kappa shape index (κ3) is 3.88. The quantitative estimate of drug-likeness (QED) is 0.757. The second-order valence-corrected chi connectivity index (χ2v) is 5.99. The van der Waals surface area contributed by atoms with Gasteiger partial charge in [0.05, 0.1) is 17.5 Å². The number of nitrogens with zero attached hydrogens (tertiary/aromatic N) is 3. The van der Waals surface area contributed by atoms with E-state index in [4.69, 9.17) is 4.74 Å². The van der Waals surface area contributed by atoms with Gasteiger partial charge in [-0.25, -0.2) is 14.1 Å². The number of carbonyl (C=O) groups is 1. The second-order valence-electron chi connectivity index (χ2n) is 5.99. The van der Waals surface area contributed by atoms with Crippen molar-refractivity contribution in [2.24, 2.45) is 0 Å². The molecule has 1 heterocycles. The van der Waals surface area contributed by atoms with Crippen LogP contribution in [-0.2, 0) is 0 Å². The van der Waals surface area contributed by atoms with Crippen LogP contribution in [0.3, 0.4) is 0 Å². The highest BCUT2D eigenvalue weighted by molar-refractivity contribution is 6.02. The number of amides is 1. The van der Waals surface area contributed by atoms with Crippen LogP contribution in [0, 0.1) is 12.7 Å². The zero-order valence-electron chi connectivity index (χ0n) is 14.7. The summed E-state index contributed by atoms with van der Waals surface area (Å²) in [7, 11) is 0. The van der Waals surface area contributed by atoms with Crippen molar-refractivity contribution in [3.05, 3.63) is 66.0 Å². The van der Waals surface area contributed by atoms with E-state index in [0.29, 0.717) is 22.9 Å². The van der Waals surface area contributed by atoms with Crippen molar-refractivity contribution in [1.82, 2.24) is 14.8 Å². The minimum Gasteiger partial charge on any atom is -0.489 e. The Kier molecular flexibility index (Phi) is 4.97. The molecule has 3 rings (SSSR count). The Hall–Kier alpha value is -3.22. The molecular weight excluding hydrogens is 335 g/mol. The number of hydrogen-bond donors (Lipinski definition) is 1. The number of anilines is 1. The molecule has 26 heavy (non-hydrogen) atoms. The zero-order valence-corrected chi connectivity index (χ0v) is 14.7. The number of rotatable bonds is 5. The normalized spacial score (nSPS) is 10.8. The Labute approximate surface area is 150 Å². The topological polar surface area (TPSA) is 69.0 Å². The summed E-state index contributed by atoms with van der Waals surface area (Å²) >= 11 is 0. The maximum absolute atomic E-state index is 13.1. The van der Waals surface area contributed by atoms with Crippen LogP contribution in [0.5, 0.6) is 5.75 Å². The molecule has 0 unspecified atom stereocenters. The number of para-hydroxylation sites is 2. The minimum absolute atomic E-state index is 0.0196. The van der Waals surface area contributed by atoms with E-state index in [1.165, 1.54) is 16.8 Å². The summed E-state index contributed by atoms with van der Waals surface area (Å²) in [5, 5.41) is 7.00. The lowest BCUT2D eigenvalue weighted by atomic mass is 10.3. The molecule has 0 fully saturated rings. The Bertz CT molecular complexity index is 920. The number of aromatic nitrogens is 3. The highest BCUT2D eigenvalue weighted by Crippen LogP contribution is 2.25. The summed E-state index contributed by atoms with van der Waals surface area (Å²) in [5.74, 6) is 0.324. The molecule has 0 bridgehead atoms. The molecule has 1 aromatic heterocycles. The average Bonchev–Trinajstić information content (AvgIpc) is 2.99. The number of carbonyl (C=O) groups excluding carboxylic acids is 1. The average molecular weight is 354 g/mol. The number of halogens is 1. The van der Waals surface area contributed by atoms with Gasteiger partial charge in [0.2, 0.25) is 5.82 Å². The molecule has 7 heteroatoms. The van der Waals surface area contributed by atoms with E-state index in [1.807, 2.05) is 19.9 Å². The first-order valence-corrected chi connectivity index (χ1v) is 8.20. The van der Waals surface area contributed by atoms with Crippen molar-refractivity contribution >= 4 is 11.6 Å². The second kappa shape index (κ2) is 7.35. The summed E-state index contributed by atoms with van der Waals surface area (Å²) in [6.45, 7) is 5.55. The first-order valence-electron chi connectivity index (χ1n) is 8.20. The van der Waals surface area contributed by atoms with E-state index >= 15 is 0 Å². The van der Waals surface area contributed by atoms with Crippen LogP contribution in [0.25, 0.3) is 5.69 Å². The summed E-state index contributed by atoms with van der Waals surface area (Å²) in [6, 6.07) is 13.0. The lowest BCUT2D eigenvalue weighted by Crippen LogP contribution is -2.16. The first-order chi connectivity index (χ1) is 12.4. The molecule has 0 aliphatic carbocycles. The fraction of sp³-hybridized carbons (Fsp3) is 0.211. The molecule has 0 atom stereocenters. The zero-order chi connectivity index (χ0) is 18.7. The van der Waals surface area contributed by atoms with Crippen molar-refractivity contribution in [2.45, 2.75) is 26.9 Å². The minimum atomic E-state index is -0.450. The lowest BCUT2D eigenvalue weighted by molar-refractivity contribution is 0.101. The molecule has 0 aliphatic rings. The number of ether oxygens (including phenoxy) is 1. The van der Waals surface area contributed by atoms with Crippen molar-refractivity contribution in [2.75, 3.05) is 5.32 Å². The van der Waals surface area contributed by atoms with Crippen molar-refractivity contribution in [1.29, 1.82) is 0 Å². The molecule has 2 aromatic carbocycles. The molecule has 0 saturated heterocycles. The van der Waals surface area contributed by atoms with Crippen molar-refractivity contribution in [3.8, 4) is 11.4 Å². The largest absolute Gasteiger partial charge is 0.489 e. The lowest BCUT2D eigenvalue weighted by Gasteiger charge is -2.14. The van der Waals surface area contributed by atoms with Gasteiger partial charge >= 0.3 is 0 Å². The Morgan fingerprint density at radius 3 is 2.54 bits per heavy atom. The van der Waals surface area contributed by atoms with Gasteiger partial charge in [0, 0.05) is 0 Å². The monoisotopic (exact) mass is 354 g/mol. The fourth-order valence-corrected chi connectivity index (χ4v) is 2.42. The first kappa shape index (κ1) is 17.6. The summed E-state index contributed by atoms with van der Waals surface area (Å²) in [5.41, 5.74) is 1.17. The molecule has 6 nitrogen and oxygen atoms in total. The maximum Gasteiger partial charge on any atom is 0.295 e. The summed E-state index contributed by atoms with van der Waals surface area (Å²) < 4.78 is 20.3. The summed E-state index contributed by atoms with van der Waals surface area (Å²) in [4.78, 5) is 16.7. The van der Waals surface area contributed by atoms with Gasteiger partial charge in [0.15, 0.2) is 0 Å². The van der Waals surface area contributed by atoms with Gasteiger partial charge in [-0.05, 0) is 57.2 Å². The Morgan fingerprint density at radius 1 is 1.15 bits per heavy atom. The standard InChI is InChI=1S/C19H19FN4O2/c1-12(2)26-17-7-5-4-6-16(17)22-19(25)18-21-13(3)24(23-18)15-10-8-14(20)9-11-15/h4-12H,1-3H3,(H,22,25). The van der Waals surface area contributed by atoms with E-state index < -0.39 is 5.91 Å². The van der Waals surface area contributed by atoms with Crippen LogP contribution in [0.2, 0.25) is 0 Å². The van der Waals surface area contributed by atoms with Crippen LogP contribution in [-0.4, -0.2) is 26.8 Å². The highest BCUT2D eigenvalue weighted by Gasteiger charge is 2.17. The maximum atomic E-state index is 13.1. The van der Waals surface area contributed by atoms with E-state index in [2.05, 4.69) is 15.4 Å². The van der Waals surface area contributed by atoms with Gasteiger partial charge in [-0.3, -0.25) is 4.79 Å².